The number of rotatable bonds is 2. The zero-order chi connectivity index (χ0) is 14.0. The van der Waals surface area contributed by atoms with E-state index < -0.39 is 11.7 Å². The van der Waals surface area contributed by atoms with Gasteiger partial charge in [-0.1, -0.05) is 0 Å². The molecule has 0 saturated heterocycles. The predicted octanol–water partition coefficient (Wildman–Crippen LogP) is 1.95. The van der Waals surface area contributed by atoms with Gasteiger partial charge in [-0.15, -0.1) is 0 Å². The van der Waals surface area contributed by atoms with E-state index in [0.29, 0.717) is 5.69 Å². The smallest absolute Gasteiger partial charge is 0.255 e. The van der Waals surface area contributed by atoms with Gasteiger partial charge in [0, 0.05) is 11.3 Å². The van der Waals surface area contributed by atoms with Crippen molar-refractivity contribution in [3.8, 4) is 5.75 Å². The van der Waals surface area contributed by atoms with Crippen LogP contribution in [-0.4, -0.2) is 11.0 Å². The number of anilines is 3. The van der Waals surface area contributed by atoms with Crippen molar-refractivity contribution in [1.82, 2.24) is 0 Å². The number of hydrogen-bond donors (Lipinski definition) is 4. The van der Waals surface area contributed by atoms with Crippen LogP contribution in [0, 0.1) is 5.82 Å². The van der Waals surface area contributed by atoms with Crippen LogP contribution in [0.25, 0.3) is 0 Å². The number of phenolic OH excluding ortho intramolecular Hbond substituents is 1. The van der Waals surface area contributed by atoms with Crippen LogP contribution in [0.1, 0.15) is 10.4 Å². The number of benzene rings is 2. The first-order chi connectivity index (χ1) is 8.97. The van der Waals surface area contributed by atoms with Gasteiger partial charge in [-0.3, -0.25) is 4.79 Å². The number of aromatic hydroxyl groups is 1. The van der Waals surface area contributed by atoms with E-state index in [4.69, 9.17) is 11.5 Å². The lowest BCUT2D eigenvalue weighted by Crippen LogP contribution is -2.12. The largest absolute Gasteiger partial charge is 0.504 e. The van der Waals surface area contributed by atoms with Gasteiger partial charge in [0.1, 0.15) is 5.82 Å². The quantitative estimate of drug-likeness (QED) is 0.377. The molecule has 2 aromatic carbocycles. The first-order valence-electron chi connectivity index (χ1n) is 5.42. The maximum atomic E-state index is 12.7. The summed E-state index contributed by atoms with van der Waals surface area (Å²) in [5, 5.41) is 12.2. The molecule has 0 heterocycles. The Labute approximate surface area is 108 Å². The fourth-order valence-electron chi connectivity index (χ4n) is 1.57. The van der Waals surface area contributed by atoms with Crippen molar-refractivity contribution < 1.29 is 14.3 Å². The highest BCUT2D eigenvalue weighted by Crippen LogP contribution is 2.32. The molecule has 6 heteroatoms. The van der Waals surface area contributed by atoms with E-state index in [1.54, 1.807) is 0 Å². The first-order valence-corrected chi connectivity index (χ1v) is 5.42. The summed E-state index contributed by atoms with van der Waals surface area (Å²) >= 11 is 0. The summed E-state index contributed by atoms with van der Waals surface area (Å²) in [5.74, 6) is -1.20. The highest BCUT2D eigenvalue weighted by atomic mass is 19.1. The standard InChI is InChI=1S/C13H12FN3O2/c14-8-3-1-7(2-4-8)13(19)17-11-6-9(15)5-10(16)12(11)18/h1-6,18H,15-16H2,(H,17,19). The Kier molecular flexibility index (Phi) is 3.24. The second kappa shape index (κ2) is 4.85. The lowest BCUT2D eigenvalue weighted by molar-refractivity contribution is 0.102. The summed E-state index contributed by atoms with van der Waals surface area (Å²) in [4.78, 5) is 11.9. The van der Waals surface area contributed by atoms with E-state index in [2.05, 4.69) is 5.32 Å². The van der Waals surface area contributed by atoms with Crippen LogP contribution in [0.5, 0.6) is 5.75 Å². The Balaban J connectivity index is 2.26. The number of carbonyl (C=O) groups excluding carboxylic acids is 1. The molecule has 1 amide bonds. The Hall–Kier alpha value is -2.76. The predicted molar refractivity (Wildman–Crippen MR) is 71.3 cm³/mol. The average Bonchev–Trinajstić information content (AvgIpc) is 2.36. The van der Waals surface area contributed by atoms with Crippen LogP contribution >= 0.6 is 0 Å². The van der Waals surface area contributed by atoms with Crippen LogP contribution in [0.4, 0.5) is 21.5 Å². The zero-order valence-corrected chi connectivity index (χ0v) is 9.85. The first kappa shape index (κ1) is 12.7. The van der Waals surface area contributed by atoms with Gasteiger partial charge < -0.3 is 21.9 Å². The highest BCUT2D eigenvalue weighted by Gasteiger charge is 2.11. The molecular weight excluding hydrogens is 249 g/mol. The number of phenols is 1. The molecule has 0 bridgehead atoms. The number of hydrogen-bond acceptors (Lipinski definition) is 4. The van der Waals surface area contributed by atoms with Crippen molar-refractivity contribution in [2.75, 3.05) is 16.8 Å². The van der Waals surface area contributed by atoms with Gasteiger partial charge in [0.05, 0.1) is 11.4 Å². The van der Waals surface area contributed by atoms with Crippen LogP contribution in [-0.2, 0) is 0 Å². The monoisotopic (exact) mass is 261 g/mol. The molecule has 0 aliphatic carbocycles. The van der Waals surface area contributed by atoms with Crippen molar-refractivity contribution in [2.24, 2.45) is 0 Å². The van der Waals surface area contributed by atoms with Gasteiger partial charge in [-0.05, 0) is 36.4 Å². The number of carbonyl (C=O) groups is 1. The fourth-order valence-corrected chi connectivity index (χ4v) is 1.57. The topological polar surface area (TPSA) is 101 Å². The van der Waals surface area contributed by atoms with Crippen molar-refractivity contribution in [3.05, 3.63) is 47.8 Å². The van der Waals surface area contributed by atoms with E-state index in [1.807, 2.05) is 0 Å². The maximum absolute atomic E-state index is 12.7. The van der Waals surface area contributed by atoms with Crippen LogP contribution in [0.2, 0.25) is 0 Å². The number of amides is 1. The molecule has 0 aromatic heterocycles. The molecule has 0 atom stereocenters. The molecule has 19 heavy (non-hydrogen) atoms. The normalized spacial score (nSPS) is 10.2. The number of halogens is 1. The van der Waals surface area contributed by atoms with Gasteiger partial charge in [0.2, 0.25) is 0 Å². The minimum Gasteiger partial charge on any atom is -0.504 e. The summed E-state index contributed by atoms with van der Waals surface area (Å²) in [6.07, 6.45) is 0. The molecule has 2 rings (SSSR count). The Morgan fingerprint density at radius 3 is 2.42 bits per heavy atom. The molecule has 0 saturated carbocycles. The third-order valence-corrected chi connectivity index (χ3v) is 2.52. The van der Waals surface area contributed by atoms with Crippen LogP contribution in [0.15, 0.2) is 36.4 Å². The molecule has 0 spiro atoms. The van der Waals surface area contributed by atoms with E-state index in [0.717, 1.165) is 0 Å². The molecule has 98 valence electrons. The Morgan fingerprint density at radius 1 is 1.16 bits per heavy atom. The lowest BCUT2D eigenvalue weighted by atomic mass is 10.2. The van der Waals surface area contributed by atoms with E-state index in [1.165, 1.54) is 36.4 Å². The maximum Gasteiger partial charge on any atom is 0.255 e. The van der Waals surface area contributed by atoms with Gasteiger partial charge in [-0.2, -0.15) is 0 Å². The average molecular weight is 261 g/mol. The third-order valence-electron chi connectivity index (χ3n) is 2.52. The second-order valence-electron chi connectivity index (χ2n) is 3.97. The minimum atomic E-state index is -0.500. The number of nitrogens with one attached hydrogen (secondary N) is 1. The van der Waals surface area contributed by atoms with Gasteiger partial charge in [-0.25, -0.2) is 4.39 Å². The van der Waals surface area contributed by atoms with E-state index >= 15 is 0 Å². The summed E-state index contributed by atoms with van der Waals surface area (Å²) in [6, 6.07) is 7.76. The van der Waals surface area contributed by atoms with Crippen molar-refractivity contribution in [1.29, 1.82) is 0 Å². The highest BCUT2D eigenvalue weighted by molar-refractivity contribution is 6.05. The van der Waals surface area contributed by atoms with Gasteiger partial charge >= 0.3 is 0 Å². The van der Waals surface area contributed by atoms with Crippen molar-refractivity contribution in [3.63, 3.8) is 0 Å². The van der Waals surface area contributed by atoms with Crippen LogP contribution < -0.4 is 16.8 Å². The molecule has 0 radical (unpaired) electrons. The van der Waals surface area contributed by atoms with E-state index in [9.17, 15) is 14.3 Å². The molecule has 5 nitrogen and oxygen atoms in total. The molecule has 2 aromatic rings. The molecule has 0 fully saturated rings. The lowest BCUT2D eigenvalue weighted by Gasteiger charge is -2.10. The fraction of sp³-hybridized carbons (Fsp3) is 0. The summed E-state index contributed by atoms with van der Waals surface area (Å²) < 4.78 is 12.7. The summed E-state index contributed by atoms with van der Waals surface area (Å²) in [5.41, 5.74) is 11.8. The van der Waals surface area contributed by atoms with Crippen LogP contribution in [0.3, 0.4) is 0 Å². The molecular formula is C13H12FN3O2. The van der Waals surface area contributed by atoms with E-state index in [-0.39, 0.29) is 22.7 Å². The second-order valence-corrected chi connectivity index (χ2v) is 3.97. The zero-order valence-electron chi connectivity index (χ0n) is 9.85. The molecule has 0 aliphatic heterocycles. The third kappa shape index (κ3) is 2.74. The molecule has 0 unspecified atom stereocenters. The molecule has 6 N–H and O–H groups in total. The van der Waals surface area contributed by atoms with Gasteiger partial charge in [0.15, 0.2) is 5.75 Å². The van der Waals surface area contributed by atoms with Crippen molar-refractivity contribution >= 4 is 23.0 Å². The SMILES string of the molecule is Nc1cc(N)c(O)c(NC(=O)c2ccc(F)cc2)c1. The van der Waals surface area contributed by atoms with Crippen molar-refractivity contribution in [2.45, 2.75) is 0 Å². The summed E-state index contributed by atoms with van der Waals surface area (Å²) in [7, 11) is 0. The number of nitrogens with two attached hydrogens (primary N) is 2. The van der Waals surface area contributed by atoms with Gasteiger partial charge in [0.25, 0.3) is 5.91 Å². The number of nitrogen functional groups attached to an aromatic ring is 2. The summed E-state index contributed by atoms with van der Waals surface area (Å²) in [6.45, 7) is 0. The Bertz CT molecular complexity index is 627. The molecule has 0 aliphatic rings. The minimum absolute atomic E-state index is 0.0643. The Morgan fingerprint density at radius 2 is 1.79 bits per heavy atom.